The van der Waals surface area contributed by atoms with Crippen LogP contribution in [-0.2, 0) is 19.6 Å². The smallest absolute Gasteiger partial charge is 0.119 e. The molecular formula is C13H16ClN3O2. The third kappa shape index (κ3) is 3.45. The summed E-state index contributed by atoms with van der Waals surface area (Å²) < 4.78 is 7.36. The Morgan fingerprint density at radius 3 is 2.68 bits per heavy atom. The summed E-state index contributed by atoms with van der Waals surface area (Å²) in [7, 11) is 0. The van der Waals surface area contributed by atoms with Gasteiger partial charge in [-0.3, -0.25) is 0 Å². The first-order valence-corrected chi connectivity index (χ1v) is 6.52. The van der Waals surface area contributed by atoms with Gasteiger partial charge in [0.15, 0.2) is 0 Å². The van der Waals surface area contributed by atoms with Crippen molar-refractivity contribution < 1.29 is 9.84 Å². The van der Waals surface area contributed by atoms with Crippen LogP contribution < -0.4 is 4.74 Å². The molecule has 19 heavy (non-hydrogen) atoms. The molecule has 1 aromatic carbocycles. The zero-order chi connectivity index (χ0) is 13.7. The highest BCUT2D eigenvalue weighted by Gasteiger charge is 2.09. The van der Waals surface area contributed by atoms with Gasteiger partial charge in [0.05, 0.1) is 18.8 Å². The van der Waals surface area contributed by atoms with E-state index in [2.05, 4.69) is 10.3 Å². The zero-order valence-electron chi connectivity index (χ0n) is 10.7. The Morgan fingerprint density at radius 1 is 1.32 bits per heavy atom. The summed E-state index contributed by atoms with van der Waals surface area (Å²) in [4.78, 5) is 0. The molecule has 0 bridgehead atoms. The van der Waals surface area contributed by atoms with Crippen LogP contribution in [0.15, 0.2) is 24.3 Å². The first-order valence-electron chi connectivity index (χ1n) is 6.15. The van der Waals surface area contributed by atoms with Crippen molar-refractivity contribution in [2.24, 2.45) is 0 Å². The number of halogens is 1. The maximum Gasteiger partial charge on any atom is 0.119 e. The topological polar surface area (TPSA) is 60.2 Å². The van der Waals surface area contributed by atoms with Crippen LogP contribution in [0.3, 0.4) is 0 Å². The molecule has 2 rings (SSSR count). The van der Waals surface area contributed by atoms with Crippen LogP contribution in [0.5, 0.6) is 5.75 Å². The standard InChI is InChI=1S/C13H16ClN3O2/c1-2-13-12(9-18)15-16-17(13)7-8-19-11-5-3-10(14)4-6-11/h3-6,18H,2,7-9H2,1H3. The fourth-order valence-corrected chi connectivity index (χ4v) is 1.96. The summed E-state index contributed by atoms with van der Waals surface area (Å²) in [5.41, 5.74) is 1.58. The summed E-state index contributed by atoms with van der Waals surface area (Å²) in [6.07, 6.45) is 0.782. The van der Waals surface area contributed by atoms with E-state index in [-0.39, 0.29) is 6.61 Å². The molecule has 2 aromatic rings. The number of nitrogens with zero attached hydrogens (tertiary/aromatic N) is 3. The number of ether oxygens (including phenoxy) is 1. The Labute approximate surface area is 116 Å². The fourth-order valence-electron chi connectivity index (χ4n) is 1.84. The van der Waals surface area contributed by atoms with E-state index in [0.717, 1.165) is 17.9 Å². The Balaban J connectivity index is 1.92. The van der Waals surface area contributed by atoms with Crippen LogP contribution in [0.4, 0.5) is 0 Å². The Bertz CT molecular complexity index is 525. The molecule has 102 valence electrons. The van der Waals surface area contributed by atoms with Gasteiger partial charge in [-0.05, 0) is 30.7 Å². The molecule has 0 amide bonds. The lowest BCUT2D eigenvalue weighted by atomic mass is 10.2. The predicted molar refractivity (Wildman–Crippen MR) is 72.3 cm³/mol. The van der Waals surface area contributed by atoms with E-state index in [9.17, 15) is 0 Å². The molecule has 1 N–H and O–H groups in total. The second-order valence-electron chi connectivity index (χ2n) is 4.02. The minimum Gasteiger partial charge on any atom is -0.492 e. The van der Waals surface area contributed by atoms with Gasteiger partial charge in [-0.25, -0.2) is 4.68 Å². The average Bonchev–Trinajstić information content (AvgIpc) is 2.83. The number of aliphatic hydroxyl groups excluding tert-OH is 1. The molecular weight excluding hydrogens is 266 g/mol. The van der Waals surface area contributed by atoms with Crippen molar-refractivity contribution in [3.63, 3.8) is 0 Å². The highest BCUT2D eigenvalue weighted by molar-refractivity contribution is 6.30. The largest absolute Gasteiger partial charge is 0.492 e. The molecule has 0 aliphatic rings. The van der Waals surface area contributed by atoms with E-state index in [1.807, 2.05) is 19.1 Å². The van der Waals surface area contributed by atoms with Gasteiger partial charge >= 0.3 is 0 Å². The van der Waals surface area contributed by atoms with E-state index in [0.29, 0.717) is 23.9 Å². The Kier molecular flexibility index (Phi) is 4.76. The van der Waals surface area contributed by atoms with Crippen molar-refractivity contribution in [1.29, 1.82) is 0 Å². The number of aliphatic hydroxyl groups is 1. The number of benzene rings is 1. The minimum absolute atomic E-state index is 0.0821. The molecule has 1 heterocycles. The van der Waals surface area contributed by atoms with Crippen LogP contribution in [0.25, 0.3) is 0 Å². The van der Waals surface area contributed by atoms with Crippen molar-refractivity contribution in [2.75, 3.05) is 6.61 Å². The van der Waals surface area contributed by atoms with Gasteiger partial charge in [-0.1, -0.05) is 23.7 Å². The normalized spacial score (nSPS) is 10.7. The van der Waals surface area contributed by atoms with Crippen molar-refractivity contribution in [3.05, 3.63) is 40.7 Å². The highest BCUT2D eigenvalue weighted by atomic mass is 35.5. The molecule has 5 nitrogen and oxygen atoms in total. The van der Waals surface area contributed by atoms with Gasteiger partial charge in [0.2, 0.25) is 0 Å². The summed E-state index contributed by atoms with van der Waals surface area (Å²) >= 11 is 5.80. The monoisotopic (exact) mass is 281 g/mol. The molecule has 0 unspecified atom stereocenters. The molecule has 0 saturated carbocycles. The van der Waals surface area contributed by atoms with Crippen molar-refractivity contribution in [1.82, 2.24) is 15.0 Å². The molecule has 6 heteroatoms. The van der Waals surface area contributed by atoms with Crippen LogP contribution in [0.2, 0.25) is 5.02 Å². The summed E-state index contributed by atoms with van der Waals surface area (Å²) in [5, 5.41) is 17.8. The SMILES string of the molecule is CCc1c(CO)nnn1CCOc1ccc(Cl)cc1. The summed E-state index contributed by atoms with van der Waals surface area (Å²) in [6.45, 7) is 3.01. The second kappa shape index (κ2) is 6.54. The van der Waals surface area contributed by atoms with Crippen molar-refractivity contribution >= 4 is 11.6 Å². The highest BCUT2D eigenvalue weighted by Crippen LogP contribution is 2.15. The summed E-state index contributed by atoms with van der Waals surface area (Å²) in [6, 6.07) is 7.22. The van der Waals surface area contributed by atoms with Crippen LogP contribution in [0.1, 0.15) is 18.3 Å². The van der Waals surface area contributed by atoms with Gasteiger partial charge in [-0.15, -0.1) is 5.10 Å². The molecule has 0 radical (unpaired) electrons. The van der Waals surface area contributed by atoms with E-state index in [1.165, 1.54) is 0 Å². The lowest BCUT2D eigenvalue weighted by molar-refractivity contribution is 0.274. The number of aromatic nitrogens is 3. The second-order valence-corrected chi connectivity index (χ2v) is 4.46. The van der Waals surface area contributed by atoms with E-state index in [1.54, 1.807) is 16.8 Å². The lowest BCUT2D eigenvalue weighted by Crippen LogP contribution is -2.12. The molecule has 0 spiro atoms. The third-order valence-electron chi connectivity index (χ3n) is 2.79. The van der Waals surface area contributed by atoms with Gasteiger partial charge in [0.25, 0.3) is 0 Å². The first-order chi connectivity index (χ1) is 9.24. The number of hydrogen-bond acceptors (Lipinski definition) is 4. The van der Waals surface area contributed by atoms with Crippen molar-refractivity contribution in [2.45, 2.75) is 26.5 Å². The predicted octanol–water partition coefficient (Wildman–Crippen LogP) is 2.07. The maximum absolute atomic E-state index is 9.13. The molecule has 0 aliphatic heterocycles. The van der Waals surface area contributed by atoms with E-state index >= 15 is 0 Å². The van der Waals surface area contributed by atoms with Crippen LogP contribution >= 0.6 is 11.6 Å². The third-order valence-corrected chi connectivity index (χ3v) is 3.04. The number of hydrogen-bond donors (Lipinski definition) is 1. The van der Waals surface area contributed by atoms with Gasteiger partial charge in [0.1, 0.15) is 18.1 Å². The first kappa shape index (κ1) is 13.8. The Morgan fingerprint density at radius 2 is 2.05 bits per heavy atom. The molecule has 1 aromatic heterocycles. The van der Waals surface area contributed by atoms with E-state index in [4.69, 9.17) is 21.4 Å². The van der Waals surface area contributed by atoms with Crippen LogP contribution in [0, 0.1) is 0 Å². The fraction of sp³-hybridized carbons (Fsp3) is 0.385. The average molecular weight is 282 g/mol. The lowest BCUT2D eigenvalue weighted by Gasteiger charge is -2.08. The number of rotatable bonds is 6. The molecule has 0 aliphatic carbocycles. The van der Waals surface area contributed by atoms with E-state index < -0.39 is 0 Å². The molecule has 0 fully saturated rings. The van der Waals surface area contributed by atoms with Gasteiger partial charge < -0.3 is 9.84 Å². The minimum atomic E-state index is -0.0821. The van der Waals surface area contributed by atoms with Gasteiger partial charge in [-0.2, -0.15) is 0 Å². The van der Waals surface area contributed by atoms with Gasteiger partial charge in [0, 0.05) is 5.02 Å². The zero-order valence-corrected chi connectivity index (χ0v) is 11.5. The summed E-state index contributed by atoms with van der Waals surface area (Å²) in [5.74, 6) is 0.768. The maximum atomic E-state index is 9.13. The quantitative estimate of drug-likeness (QED) is 0.880. The van der Waals surface area contributed by atoms with Crippen molar-refractivity contribution in [3.8, 4) is 5.75 Å². The van der Waals surface area contributed by atoms with Crippen LogP contribution in [-0.4, -0.2) is 26.7 Å². The molecule has 0 atom stereocenters. The Hall–Kier alpha value is -1.59. The molecule has 0 saturated heterocycles.